The van der Waals surface area contributed by atoms with Crippen molar-refractivity contribution in [2.45, 2.75) is 4.90 Å². The summed E-state index contributed by atoms with van der Waals surface area (Å²) in [6, 6.07) is 12.8. The molecular formula is C19H15ClN2O5S2. The highest BCUT2D eigenvalue weighted by Crippen LogP contribution is 2.35. The van der Waals surface area contributed by atoms with Gasteiger partial charge >= 0.3 is 0 Å². The highest BCUT2D eigenvalue weighted by atomic mass is 35.5. The zero-order valence-electron chi connectivity index (χ0n) is 15.1. The Kier molecular flexibility index (Phi) is 5.12. The predicted octanol–water partition coefficient (Wildman–Crippen LogP) is 4.21. The molecule has 150 valence electrons. The van der Waals surface area contributed by atoms with Gasteiger partial charge in [-0.05, 0) is 47.8 Å². The first-order valence-electron chi connectivity index (χ1n) is 8.39. The van der Waals surface area contributed by atoms with Gasteiger partial charge in [-0.1, -0.05) is 11.6 Å². The summed E-state index contributed by atoms with van der Waals surface area (Å²) in [7, 11) is -2.52. The van der Waals surface area contributed by atoms with Gasteiger partial charge < -0.3 is 14.8 Å². The summed E-state index contributed by atoms with van der Waals surface area (Å²) in [6.07, 6.45) is 0. The Balaban J connectivity index is 1.60. The minimum absolute atomic E-state index is 0.0711. The molecule has 0 aliphatic carbocycles. The highest BCUT2D eigenvalue weighted by Gasteiger charge is 2.28. The number of nitrogens with zero attached hydrogens (tertiary/aromatic N) is 1. The molecule has 2 aromatic carbocycles. The maximum absolute atomic E-state index is 13.1. The van der Waals surface area contributed by atoms with Crippen LogP contribution in [-0.2, 0) is 10.0 Å². The third kappa shape index (κ3) is 3.76. The van der Waals surface area contributed by atoms with Crippen molar-refractivity contribution in [3.8, 4) is 11.5 Å². The third-order valence-electron chi connectivity index (χ3n) is 4.29. The zero-order chi connectivity index (χ0) is 20.6. The van der Waals surface area contributed by atoms with Gasteiger partial charge in [0.2, 0.25) is 6.79 Å². The third-order valence-corrected chi connectivity index (χ3v) is 7.42. The summed E-state index contributed by atoms with van der Waals surface area (Å²) >= 11 is 6.92. The highest BCUT2D eigenvalue weighted by molar-refractivity contribution is 7.93. The fourth-order valence-electron chi connectivity index (χ4n) is 2.77. The first-order valence-corrected chi connectivity index (χ1v) is 11.1. The van der Waals surface area contributed by atoms with E-state index in [1.165, 1.54) is 13.1 Å². The van der Waals surface area contributed by atoms with E-state index >= 15 is 0 Å². The van der Waals surface area contributed by atoms with E-state index in [9.17, 15) is 13.2 Å². The number of sulfonamides is 1. The first kappa shape index (κ1) is 19.6. The van der Waals surface area contributed by atoms with Gasteiger partial charge in [0.15, 0.2) is 11.5 Å². The molecule has 0 bridgehead atoms. The summed E-state index contributed by atoms with van der Waals surface area (Å²) in [5, 5.41) is 4.77. The number of rotatable bonds is 5. The summed E-state index contributed by atoms with van der Waals surface area (Å²) < 4.78 is 37.8. The monoisotopic (exact) mass is 450 g/mol. The van der Waals surface area contributed by atoms with Gasteiger partial charge in [0, 0.05) is 23.8 Å². The minimum Gasteiger partial charge on any atom is -0.454 e. The van der Waals surface area contributed by atoms with Crippen molar-refractivity contribution in [1.82, 2.24) is 0 Å². The van der Waals surface area contributed by atoms with Crippen molar-refractivity contribution in [3.05, 3.63) is 63.8 Å². The largest absolute Gasteiger partial charge is 0.454 e. The fourth-order valence-corrected chi connectivity index (χ4v) is 5.38. The second-order valence-electron chi connectivity index (χ2n) is 6.09. The van der Waals surface area contributed by atoms with Gasteiger partial charge in [-0.25, -0.2) is 8.42 Å². The molecule has 10 heteroatoms. The molecule has 0 spiro atoms. The van der Waals surface area contributed by atoms with Crippen LogP contribution in [0.5, 0.6) is 11.5 Å². The molecule has 0 fully saturated rings. The van der Waals surface area contributed by atoms with Crippen molar-refractivity contribution in [3.63, 3.8) is 0 Å². The SMILES string of the molecule is CN(c1ccc(Cl)cc1)S(=O)(=O)c1ccsc1C(=O)Nc1ccc2c(c1)OCO2. The lowest BCUT2D eigenvalue weighted by Gasteiger charge is -2.19. The van der Waals surface area contributed by atoms with Crippen molar-refractivity contribution in [2.24, 2.45) is 0 Å². The Labute approximate surface area is 176 Å². The number of fused-ring (bicyclic) bond motifs is 1. The fraction of sp³-hybridized carbons (Fsp3) is 0.105. The number of carbonyl (C=O) groups excluding carboxylic acids is 1. The Bertz CT molecular complexity index is 1180. The molecule has 0 saturated carbocycles. The standard InChI is InChI=1S/C19H15ClN2O5S2/c1-22(14-5-2-12(20)3-6-14)29(24,25)17-8-9-28-18(17)19(23)21-13-4-7-15-16(10-13)27-11-26-15/h2-10H,11H2,1H3,(H,21,23). The summed E-state index contributed by atoms with van der Waals surface area (Å²) in [5.74, 6) is 0.582. The van der Waals surface area contributed by atoms with Gasteiger partial charge in [-0.15, -0.1) is 11.3 Å². The number of thiophene rings is 1. The van der Waals surface area contributed by atoms with Gasteiger partial charge in [0.05, 0.1) is 5.69 Å². The first-order chi connectivity index (χ1) is 13.9. The molecular weight excluding hydrogens is 436 g/mol. The molecule has 4 rings (SSSR count). The average molecular weight is 451 g/mol. The van der Waals surface area contributed by atoms with E-state index in [0.29, 0.717) is 27.9 Å². The number of ether oxygens (including phenoxy) is 2. The Morgan fingerprint density at radius 2 is 1.83 bits per heavy atom. The molecule has 29 heavy (non-hydrogen) atoms. The summed E-state index contributed by atoms with van der Waals surface area (Å²) in [4.78, 5) is 12.8. The van der Waals surface area contributed by atoms with Crippen LogP contribution >= 0.6 is 22.9 Å². The molecule has 0 unspecified atom stereocenters. The van der Waals surface area contributed by atoms with Crippen LogP contribution in [0.25, 0.3) is 0 Å². The molecule has 2 heterocycles. The van der Waals surface area contributed by atoms with E-state index in [0.717, 1.165) is 15.6 Å². The van der Waals surface area contributed by atoms with E-state index in [1.54, 1.807) is 47.8 Å². The summed E-state index contributed by atoms with van der Waals surface area (Å²) in [6.45, 7) is 0.122. The predicted molar refractivity (Wildman–Crippen MR) is 112 cm³/mol. The van der Waals surface area contributed by atoms with E-state index < -0.39 is 15.9 Å². The molecule has 0 atom stereocenters. The normalized spacial score (nSPS) is 12.6. The van der Waals surface area contributed by atoms with Crippen molar-refractivity contribution in [2.75, 3.05) is 23.5 Å². The number of nitrogens with one attached hydrogen (secondary N) is 1. The number of anilines is 2. The molecule has 0 radical (unpaired) electrons. The van der Waals surface area contributed by atoms with Crippen LogP contribution in [0, 0.1) is 0 Å². The Hall–Kier alpha value is -2.75. The number of halogens is 1. The van der Waals surface area contributed by atoms with Crippen LogP contribution in [-0.4, -0.2) is 28.2 Å². The van der Waals surface area contributed by atoms with Crippen molar-refractivity contribution in [1.29, 1.82) is 0 Å². The Morgan fingerprint density at radius 3 is 2.59 bits per heavy atom. The maximum Gasteiger partial charge on any atom is 0.267 e. The molecule has 1 amide bonds. The van der Waals surface area contributed by atoms with E-state index in [1.807, 2.05) is 0 Å². The van der Waals surface area contributed by atoms with Gasteiger partial charge in [0.25, 0.3) is 15.9 Å². The van der Waals surface area contributed by atoms with Crippen LogP contribution in [0.1, 0.15) is 9.67 Å². The van der Waals surface area contributed by atoms with Crippen LogP contribution in [0.2, 0.25) is 5.02 Å². The van der Waals surface area contributed by atoms with Crippen molar-refractivity contribution >= 4 is 50.2 Å². The van der Waals surface area contributed by atoms with Crippen LogP contribution in [0.15, 0.2) is 58.8 Å². The lowest BCUT2D eigenvalue weighted by molar-refractivity contribution is 0.102. The van der Waals surface area contributed by atoms with E-state index in [-0.39, 0.29) is 16.6 Å². The maximum atomic E-state index is 13.1. The van der Waals surface area contributed by atoms with Crippen LogP contribution in [0.4, 0.5) is 11.4 Å². The minimum atomic E-state index is -3.94. The number of benzene rings is 2. The molecule has 0 saturated heterocycles. The number of amides is 1. The molecule has 1 aliphatic heterocycles. The second-order valence-corrected chi connectivity index (χ2v) is 9.38. The number of hydrogen-bond donors (Lipinski definition) is 1. The van der Waals surface area contributed by atoms with Crippen LogP contribution < -0.4 is 19.1 Å². The zero-order valence-corrected chi connectivity index (χ0v) is 17.5. The lowest BCUT2D eigenvalue weighted by atomic mass is 10.2. The van der Waals surface area contributed by atoms with Crippen LogP contribution in [0.3, 0.4) is 0 Å². The lowest BCUT2D eigenvalue weighted by Crippen LogP contribution is -2.28. The number of carbonyl (C=O) groups is 1. The topological polar surface area (TPSA) is 84.9 Å². The second kappa shape index (κ2) is 7.58. The number of hydrogen-bond acceptors (Lipinski definition) is 6. The van der Waals surface area contributed by atoms with E-state index in [2.05, 4.69) is 5.32 Å². The molecule has 1 N–H and O–H groups in total. The average Bonchev–Trinajstić information content (AvgIpc) is 3.37. The van der Waals surface area contributed by atoms with Gasteiger partial charge in [-0.3, -0.25) is 9.10 Å². The molecule has 1 aliphatic rings. The summed E-state index contributed by atoms with van der Waals surface area (Å²) in [5.41, 5.74) is 0.907. The molecule has 7 nitrogen and oxygen atoms in total. The van der Waals surface area contributed by atoms with Gasteiger partial charge in [-0.2, -0.15) is 0 Å². The van der Waals surface area contributed by atoms with Gasteiger partial charge in [0.1, 0.15) is 9.77 Å². The molecule has 1 aromatic heterocycles. The quantitative estimate of drug-likeness (QED) is 0.629. The smallest absolute Gasteiger partial charge is 0.267 e. The molecule has 3 aromatic rings. The van der Waals surface area contributed by atoms with Crippen molar-refractivity contribution < 1.29 is 22.7 Å². The Morgan fingerprint density at radius 1 is 1.10 bits per heavy atom. The van der Waals surface area contributed by atoms with E-state index in [4.69, 9.17) is 21.1 Å².